The van der Waals surface area contributed by atoms with Gasteiger partial charge in [0.15, 0.2) is 11.1 Å². The molecule has 13 heavy (non-hydrogen) atoms. The van der Waals surface area contributed by atoms with Crippen molar-refractivity contribution in [1.29, 1.82) is 0 Å². The molecule has 0 radical (unpaired) electrons. The Morgan fingerprint density at radius 2 is 1.85 bits per heavy atom. The zero-order valence-corrected chi connectivity index (χ0v) is 8.49. The third kappa shape index (κ3) is 2.62. The fourth-order valence-electron chi connectivity index (χ4n) is 1.21. The molecule has 0 saturated heterocycles. The van der Waals surface area contributed by atoms with Gasteiger partial charge in [0.1, 0.15) is 5.37 Å². The van der Waals surface area contributed by atoms with E-state index < -0.39 is 16.5 Å². The van der Waals surface area contributed by atoms with E-state index in [1.54, 1.807) is 19.0 Å². The fourth-order valence-corrected chi connectivity index (χ4v) is 1.96. The molecule has 4 heteroatoms. The van der Waals surface area contributed by atoms with Gasteiger partial charge in [-0.25, -0.2) is 4.21 Å². The van der Waals surface area contributed by atoms with Crippen LogP contribution < -0.4 is 0 Å². The van der Waals surface area contributed by atoms with E-state index in [2.05, 4.69) is 0 Å². The Kier molecular flexibility index (Phi) is 3.59. The van der Waals surface area contributed by atoms with Gasteiger partial charge in [0.2, 0.25) is 0 Å². The van der Waals surface area contributed by atoms with Crippen LogP contribution in [0.15, 0.2) is 30.3 Å². The molecule has 0 fully saturated rings. The zero-order valence-electron chi connectivity index (χ0n) is 7.68. The highest BCUT2D eigenvalue weighted by atomic mass is 32.2. The third-order valence-electron chi connectivity index (χ3n) is 1.74. The lowest BCUT2D eigenvalue weighted by Gasteiger charge is -2.20. The molecule has 1 aromatic carbocycles. The highest BCUT2D eigenvalue weighted by Crippen LogP contribution is 2.19. The molecule has 0 aliphatic heterocycles. The molecule has 3 nitrogen and oxygen atoms in total. The summed E-state index contributed by atoms with van der Waals surface area (Å²) in [6.07, 6.45) is 0. The highest BCUT2D eigenvalue weighted by molar-refractivity contribution is 7.79. The second-order valence-electron chi connectivity index (χ2n) is 3.00. The molecule has 2 atom stereocenters. The minimum atomic E-state index is -1.86. The molecule has 0 aromatic heterocycles. The molecule has 0 aliphatic carbocycles. The predicted molar refractivity (Wildman–Crippen MR) is 53.6 cm³/mol. The zero-order chi connectivity index (χ0) is 9.84. The predicted octanol–water partition coefficient (Wildman–Crippen LogP) is 1.47. The molecule has 0 amide bonds. The Balaban J connectivity index is 2.96. The van der Waals surface area contributed by atoms with Crippen LogP contribution in [0.25, 0.3) is 0 Å². The van der Waals surface area contributed by atoms with Gasteiger partial charge in [0, 0.05) is 0 Å². The highest BCUT2D eigenvalue weighted by Gasteiger charge is 2.18. The summed E-state index contributed by atoms with van der Waals surface area (Å²) in [6, 6.07) is 9.30. The number of nitrogens with zero attached hydrogens (tertiary/aromatic N) is 1. The van der Waals surface area contributed by atoms with Crippen LogP contribution in [0.1, 0.15) is 10.9 Å². The summed E-state index contributed by atoms with van der Waals surface area (Å²) < 4.78 is 20.1. The second kappa shape index (κ2) is 4.50. The normalized spacial score (nSPS) is 15.7. The Hall–Kier alpha value is -0.710. The van der Waals surface area contributed by atoms with Crippen molar-refractivity contribution in [1.82, 2.24) is 4.90 Å². The van der Waals surface area contributed by atoms with E-state index in [4.69, 9.17) is 4.55 Å². The molecule has 0 spiro atoms. The van der Waals surface area contributed by atoms with Crippen molar-refractivity contribution in [3.8, 4) is 0 Å². The summed E-state index contributed by atoms with van der Waals surface area (Å²) in [5.74, 6) is 0. The van der Waals surface area contributed by atoms with E-state index in [9.17, 15) is 4.21 Å². The van der Waals surface area contributed by atoms with Gasteiger partial charge in [-0.3, -0.25) is 4.90 Å². The summed E-state index contributed by atoms with van der Waals surface area (Å²) in [7, 11) is 3.57. The van der Waals surface area contributed by atoms with Crippen molar-refractivity contribution in [3.63, 3.8) is 0 Å². The number of hydrogen-bond acceptors (Lipinski definition) is 2. The molecular weight excluding hydrogens is 186 g/mol. The first kappa shape index (κ1) is 10.4. The van der Waals surface area contributed by atoms with E-state index in [-0.39, 0.29) is 0 Å². The van der Waals surface area contributed by atoms with Crippen LogP contribution in [-0.4, -0.2) is 27.8 Å². The van der Waals surface area contributed by atoms with Crippen molar-refractivity contribution < 1.29 is 8.76 Å². The Bertz CT molecular complexity index is 287. The molecule has 72 valence electrons. The largest absolute Gasteiger partial charge is 0.305 e. The molecular formula is C9H13NO2S. The van der Waals surface area contributed by atoms with Gasteiger partial charge >= 0.3 is 0 Å². The van der Waals surface area contributed by atoms with Gasteiger partial charge in [-0.2, -0.15) is 0 Å². The summed E-state index contributed by atoms with van der Waals surface area (Å²) in [5.41, 5.74) is 0.855. The summed E-state index contributed by atoms with van der Waals surface area (Å²) in [5, 5.41) is -0.443. The summed E-state index contributed by atoms with van der Waals surface area (Å²) >= 11 is -1.86. The minimum Gasteiger partial charge on any atom is -0.305 e. The van der Waals surface area contributed by atoms with E-state index in [1.807, 2.05) is 30.3 Å². The van der Waals surface area contributed by atoms with Gasteiger partial charge < -0.3 is 4.55 Å². The second-order valence-corrected chi connectivity index (χ2v) is 4.00. The van der Waals surface area contributed by atoms with Crippen LogP contribution in [0.3, 0.4) is 0 Å². The maximum atomic E-state index is 11.0. The Morgan fingerprint density at radius 1 is 1.31 bits per heavy atom. The van der Waals surface area contributed by atoms with Crippen LogP contribution in [0.4, 0.5) is 0 Å². The van der Waals surface area contributed by atoms with E-state index in [0.717, 1.165) is 5.56 Å². The average molecular weight is 199 g/mol. The average Bonchev–Trinajstić information content (AvgIpc) is 2.04. The van der Waals surface area contributed by atoms with Crippen molar-refractivity contribution in [2.75, 3.05) is 14.1 Å². The Labute approximate surface area is 80.7 Å². The van der Waals surface area contributed by atoms with Crippen LogP contribution in [0.5, 0.6) is 0 Å². The molecule has 1 N–H and O–H groups in total. The molecule has 1 aromatic rings. The number of rotatable bonds is 3. The minimum absolute atomic E-state index is 0.443. The molecule has 0 saturated carbocycles. The summed E-state index contributed by atoms with van der Waals surface area (Å²) in [6.45, 7) is 0. The lowest BCUT2D eigenvalue weighted by molar-refractivity contribution is 0.365. The maximum Gasteiger partial charge on any atom is 0.175 e. The van der Waals surface area contributed by atoms with Gasteiger partial charge in [0.05, 0.1) is 0 Å². The molecule has 0 aliphatic rings. The lowest BCUT2D eigenvalue weighted by atomic mass is 10.2. The first-order valence-corrected chi connectivity index (χ1v) is 5.11. The van der Waals surface area contributed by atoms with Crippen molar-refractivity contribution >= 4 is 11.1 Å². The topological polar surface area (TPSA) is 40.5 Å². The van der Waals surface area contributed by atoms with E-state index in [1.165, 1.54) is 0 Å². The standard InChI is InChI=1S/C9H13NO2S/c1-10(2)9(13(11)12)8-6-4-3-5-7-8/h3-7,9H,1-2H3,(H,11,12). The van der Waals surface area contributed by atoms with Crippen LogP contribution >= 0.6 is 0 Å². The van der Waals surface area contributed by atoms with E-state index in [0.29, 0.717) is 0 Å². The monoisotopic (exact) mass is 199 g/mol. The third-order valence-corrected chi connectivity index (χ3v) is 2.82. The molecule has 1 rings (SSSR count). The van der Waals surface area contributed by atoms with Crippen LogP contribution in [0.2, 0.25) is 0 Å². The Morgan fingerprint density at radius 3 is 2.23 bits per heavy atom. The van der Waals surface area contributed by atoms with Gasteiger partial charge in [-0.1, -0.05) is 30.3 Å². The quantitative estimate of drug-likeness (QED) is 0.749. The molecule has 0 heterocycles. The molecule has 0 bridgehead atoms. The maximum absolute atomic E-state index is 11.0. The van der Waals surface area contributed by atoms with E-state index >= 15 is 0 Å². The number of benzene rings is 1. The van der Waals surface area contributed by atoms with Crippen molar-refractivity contribution in [2.24, 2.45) is 0 Å². The number of hydrogen-bond donors (Lipinski definition) is 1. The van der Waals surface area contributed by atoms with Gasteiger partial charge in [-0.05, 0) is 19.7 Å². The lowest BCUT2D eigenvalue weighted by Crippen LogP contribution is -2.23. The summed E-state index contributed by atoms with van der Waals surface area (Å²) in [4.78, 5) is 1.73. The van der Waals surface area contributed by atoms with Crippen LogP contribution in [0, 0.1) is 0 Å². The first-order chi connectivity index (χ1) is 6.13. The van der Waals surface area contributed by atoms with Gasteiger partial charge in [-0.15, -0.1) is 0 Å². The smallest absolute Gasteiger partial charge is 0.175 e. The fraction of sp³-hybridized carbons (Fsp3) is 0.333. The van der Waals surface area contributed by atoms with Crippen molar-refractivity contribution in [2.45, 2.75) is 5.37 Å². The van der Waals surface area contributed by atoms with Gasteiger partial charge in [0.25, 0.3) is 0 Å². The van der Waals surface area contributed by atoms with Crippen molar-refractivity contribution in [3.05, 3.63) is 35.9 Å². The first-order valence-electron chi connectivity index (χ1n) is 3.94. The SMILES string of the molecule is CN(C)C(c1ccccc1)S(=O)O. The van der Waals surface area contributed by atoms with Crippen LogP contribution in [-0.2, 0) is 11.1 Å². The molecule has 2 unspecified atom stereocenters.